The molecule has 2 rings (SSSR count). The summed E-state index contributed by atoms with van der Waals surface area (Å²) in [7, 11) is 0.230. The molecule has 0 atom stereocenters. The molecular formula is C19H25N3O4S. The number of hydrogen-bond acceptors (Lipinski definition) is 5. The first-order valence-electron chi connectivity index (χ1n) is 8.47. The summed E-state index contributed by atoms with van der Waals surface area (Å²) in [6.07, 6.45) is 1.10. The molecule has 0 aliphatic heterocycles. The van der Waals surface area contributed by atoms with E-state index in [1.54, 1.807) is 24.3 Å². The molecule has 1 amide bonds. The van der Waals surface area contributed by atoms with Crippen molar-refractivity contribution in [1.29, 1.82) is 0 Å². The van der Waals surface area contributed by atoms with Gasteiger partial charge in [0.05, 0.1) is 12.8 Å². The maximum atomic E-state index is 12.2. The SMILES string of the molecule is CN(C)CCN(CC(=O)Nc1ccc(Oc2ccccc2)cc1)S(C)(=O)=O. The maximum absolute atomic E-state index is 12.2. The number of benzene rings is 2. The van der Waals surface area contributed by atoms with Gasteiger partial charge in [-0.15, -0.1) is 0 Å². The van der Waals surface area contributed by atoms with Crippen LogP contribution in [0.25, 0.3) is 0 Å². The average Bonchev–Trinajstić information content (AvgIpc) is 2.60. The van der Waals surface area contributed by atoms with Gasteiger partial charge >= 0.3 is 0 Å². The molecule has 0 saturated heterocycles. The molecule has 0 saturated carbocycles. The molecule has 27 heavy (non-hydrogen) atoms. The second kappa shape index (κ2) is 9.50. The predicted molar refractivity (Wildman–Crippen MR) is 107 cm³/mol. The molecule has 0 fully saturated rings. The fourth-order valence-corrected chi connectivity index (χ4v) is 3.03. The van der Waals surface area contributed by atoms with E-state index in [9.17, 15) is 13.2 Å². The molecule has 0 spiro atoms. The molecule has 0 aliphatic carbocycles. The van der Waals surface area contributed by atoms with Crippen molar-refractivity contribution in [3.63, 3.8) is 0 Å². The normalized spacial score (nSPS) is 11.6. The summed E-state index contributed by atoms with van der Waals surface area (Å²) in [6, 6.07) is 16.3. The Kier molecular flexibility index (Phi) is 7.35. The quantitative estimate of drug-likeness (QED) is 0.709. The van der Waals surface area contributed by atoms with Gasteiger partial charge in [0, 0.05) is 18.8 Å². The third-order valence-corrected chi connectivity index (χ3v) is 4.95. The minimum absolute atomic E-state index is 0.227. The van der Waals surface area contributed by atoms with E-state index in [1.165, 1.54) is 0 Å². The first-order chi connectivity index (χ1) is 12.7. The molecule has 0 unspecified atom stereocenters. The topological polar surface area (TPSA) is 79.0 Å². The van der Waals surface area contributed by atoms with Crippen LogP contribution in [0.15, 0.2) is 54.6 Å². The number of carbonyl (C=O) groups is 1. The van der Waals surface area contributed by atoms with Crippen molar-refractivity contribution in [2.24, 2.45) is 0 Å². The summed E-state index contributed by atoms with van der Waals surface area (Å²) >= 11 is 0. The fraction of sp³-hybridized carbons (Fsp3) is 0.316. The van der Waals surface area contributed by atoms with Gasteiger partial charge < -0.3 is 15.0 Å². The molecule has 146 valence electrons. The van der Waals surface area contributed by atoms with Crippen LogP contribution in [0.1, 0.15) is 0 Å². The lowest BCUT2D eigenvalue weighted by Gasteiger charge is -2.21. The first-order valence-corrected chi connectivity index (χ1v) is 10.3. The number of hydrogen-bond donors (Lipinski definition) is 1. The lowest BCUT2D eigenvalue weighted by atomic mass is 10.3. The Morgan fingerprint density at radius 2 is 1.56 bits per heavy atom. The largest absolute Gasteiger partial charge is 0.457 e. The second-order valence-electron chi connectivity index (χ2n) is 6.39. The average molecular weight is 391 g/mol. The number of anilines is 1. The van der Waals surface area contributed by atoms with E-state index in [4.69, 9.17) is 4.74 Å². The van der Waals surface area contributed by atoms with E-state index in [0.29, 0.717) is 18.0 Å². The van der Waals surface area contributed by atoms with E-state index >= 15 is 0 Å². The van der Waals surface area contributed by atoms with Gasteiger partial charge in [-0.3, -0.25) is 4.79 Å². The number of rotatable bonds is 9. The molecular weight excluding hydrogens is 366 g/mol. The van der Waals surface area contributed by atoms with Crippen LogP contribution in [-0.2, 0) is 14.8 Å². The van der Waals surface area contributed by atoms with E-state index in [2.05, 4.69) is 5.32 Å². The lowest BCUT2D eigenvalue weighted by molar-refractivity contribution is -0.116. The van der Waals surface area contributed by atoms with Gasteiger partial charge in [0.15, 0.2) is 0 Å². The highest BCUT2D eigenvalue weighted by Gasteiger charge is 2.20. The van der Waals surface area contributed by atoms with Crippen LogP contribution in [0.4, 0.5) is 5.69 Å². The van der Waals surface area contributed by atoms with Crippen molar-refractivity contribution in [3.8, 4) is 11.5 Å². The van der Waals surface area contributed by atoms with Crippen LogP contribution in [0.3, 0.4) is 0 Å². The Hall–Kier alpha value is -2.42. The van der Waals surface area contributed by atoms with Gasteiger partial charge in [-0.1, -0.05) is 18.2 Å². The number of amides is 1. The maximum Gasteiger partial charge on any atom is 0.239 e. The Labute approximate surface area is 160 Å². The summed E-state index contributed by atoms with van der Waals surface area (Å²) < 4.78 is 30.6. The summed E-state index contributed by atoms with van der Waals surface area (Å²) in [4.78, 5) is 14.1. The number of carbonyl (C=O) groups excluding carboxylic acids is 1. The number of sulfonamides is 1. The van der Waals surface area contributed by atoms with E-state index in [1.807, 2.05) is 49.3 Å². The Morgan fingerprint density at radius 1 is 0.963 bits per heavy atom. The first kappa shape index (κ1) is 20.9. The lowest BCUT2D eigenvalue weighted by Crippen LogP contribution is -2.41. The smallest absolute Gasteiger partial charge is 0.239 e. The van der Waals surface area contributed by atoms with Gasteiger partial charge in [0.2, 0.25) is 15.9 Å². The van der Waals surface area contributed by atoms with Gasteiger partial charge in [-0.25, -0.2) is 8.42 Å². The number of nitrogens with one attached hydrogen (secondary N) is 1. The van der Waals surface area contributed by atoms with Crippen LogP contribution < -0.4 is 10.1 Å². The van der Waals surface area contributed by atoms with Crippen LogP contribution in [-0.4, -0.2) is 63.5 Å². The molecule has 2 aromatic rings. The number of likely N-dealkylation sites (N-methyl/N-ethyl adjacent to an activating group) is 1. The molecule has 0 radical (unpaired) electrons. The molecule has 0 aliphatic rings. The highest BCUT2D eigenvalue weighted by Crippen LogP contribution is 2.22. The summed E-state index contributed by atoms with van der Waals surface area (Å²) in [6.45, 7) is 0.559. The second-order valence-corrected chi connectivity index (χ2v) is 8.37. The van der Waals surface area contributed by atoms with Crippen molar-refractivity contribution in [2.45, 2.75) is 0 Å². The van der Waals surface area contributed by atoms with Gasteiger partial charge in [-0.2, -0.15) is 4.31 Å². The minimum atomic E-state index is -3.46. The number of para-hydroxylation sites is 1. The summed E-state index contributed by atoms with van der Waals surface area (Å²) in [5.41, 5.74) is 0.571. The zero-order valence-electron chi connectivity index (χ0n) is 15.8. The van der Waals surface area contributed by atoms with Crippen LogP contribution in [0.5, 0.6) is 11.5 Å². The number of ether oxygens (including phenoxy) is 1. The highest BCUT2D eigenvalue weighted by molar-refractivity contribution is 7.88. The standard InChI is InChI=1S/C19H25N3O4S/c1-21(2)13-14-22(27(3,24)25)15-19(23)20-16-9-11-18(12-10-16)26-17-7-5-4-6-8-17/h4-12H,13-15H2,1-3H3,(H,20,23). The fourth-order valence-electron chi connectivity index (χ4n) is 2.27. The molecule has 0 aromatic heterocycles. The summed E-state index contributed by atoms with van der Waals surface area (Å²) in [5, 5.41) is 2.71. The van der Waals surface area contributed by atoms with Crippen molar-refractivity contribution in [1.82, 2.24) is 9.21 Å². The molecule has 7 nitrogen and oxygen atoms in total. The minimum Gasteiger partial charge on any atom is -0.457 e. The van der Waals surface area contributed by atoms with Crippen LogP contribution >= 0.6 is 0 Å². The summed E-state index contributed by atoms with van der Waals surface area (Å²) in [5.74, 6) is 0.970. The van der Waals surface area contributed by atoms with E-state index in [0.717, 1.165) is 16.3 Å². The third-order valence-electron chi connectivity index (χ3n) is 3.70. The Morgan fingerprint density at radius 3 is 2.11 bits per heavy atom. The van der Waals surface area contributed by atoms with Crippen molar-refractivity contribution in [2.75, 3.05) is 45.3 Å². The predicted octanol–water partition coefficient (Wildman–Crippen LogP) is 2.24. The number of nitrogens with zero attached hydrogens (tertiary/aromatic N) is 2. The zero-order chi connectivity index (χ0) is 19.9. The Balaban J connectivity index is 1.94. The molecule has 8 heteroatoms. The molecule has 1 N–H and O–H groups in total. The molecule has 0 heterocycles. The third kappa shape index (κ3) is 7.38. The van der Waals surface area contributed by atoms with Gasteiger partial charge in [-0.05, 0) is 50.5 Å². The van der Waals surface area contributed by atoms with Crippen LogP contribution in [0.2, 0.25) is 0 Å². The van der Waals surface area contributed by atoms with Gasteiger partial charge in [0.25, 0.3) is 0 Å². The highest BCUT2D eigenvalue weighted by atomic mass is 32.2. The van der Waals surface area contributed by atoms with Crippen molar-refractivity contribution >= 4 is 21.6 Å². The Bertz CT molecular complexity index is 837. The molecule has 0 bridgehead atoms. The van der Waals surface area contributed by atoms with Gasteiger partial charge in [0.1, 0.15) is 11.5 Å². The van der Waals surface area contributed by atoms with E-state index < -0.39 is 15.9 Å². The zero-order valence-corrected chi connectivity index (χ0v) is 16.6. The molecule has 2 aromatic carbocycles. The van der Waals surface area contributed by atoms with Crippen LogP contribution in [0, 0.1) is 0 Å². The van der Waals surface area contributed by atoms with E-state index in [-0.39, 0.29) is 13.1 Å². The van der Waals surface area contributed by atoms with Crippen molar-refractivity contribution in [3.05, 3.63) is 54.6 Å². The monoisotopic (exact) mass is 391 g/mol. The van der Waals surface area contributed by atoms with Crippen molar-refractivity contribution < 1.29 is 17.9 Å².